The van der Waals surface area contributed by atoms with Crippen LogP contribution in [0.25, 0.3) is 11.0 Å². The first-order valence-electron chi connectivity index (χ1n) is 6.70. The smallest absolute Gasteiger partial charge is 0.341 e. The van der Waals surface area contributed by atoms with Crippen LogP contribution in [-0.4, -0.2) is 23.0 Å². The third-order valence-corrected chi connectivity index (χ3v) is 4.26. The number of ether oxygens (including phenoxy) is 1. The predicted molar refractivity (Wildman–Crippen MR) is 83.9 cm³/mol. The van der Waals surface area contributed by atoms with Crippen molar-refractivity contribution in [1.82, 2.24) is 9.97 Å². The zero-order valence-corrected chi connectivity index (χ0v) is 13.0. The van der Waals surface area contributed by atoms with Crippen LogP contribution in [0.2, 0.25) is 0 Å². The number of benzene rings is 1. The molecule has 0 amide bonds. The number of furan rings is 1. The summed E-state index contributed by atoms with van der Waals surface area (Å²) < 4.78 is 10.1. The largest absolute Gasteiger partial charge is 0.468 e. The minimum Gasteiger partial charge on any atom is -0.468 e. The fourth-order valence-corrected chi connectivity index (χ4v) is 3.00. The molecule has 2 aromatic heterocycles. The number of aryl methyl sites for hydroxylation is 1. The first-order chi connectivity index (χ1) is 10.7. The predicted octanol–water partition coefficient (Wildman–Crippen LogP) is 3.61. The number of carbonyl (C=O) groups is 1. The van der Waals surface area contributed by atoms with Gasteiger partial charge in [0.1, 0.15) is 16.3 Å². The van der Waals surface area contributed by atoms with E-state index in [9.17, 15) is 4.79 Å². The molecule has 0 saturated heterocycles. The number of esters is 1. The number of para-hydroxylation sites is 2. The molecular formula is C16H14N2O3S. The molecule has 0 aliphatic carbocycles. The Morgan fingerprint density at radius 1 is 1.23 bits per heavy atom. The van der Waals surface area contributed by atoms with Crippen LogP contribution < -0.4 is 0 Å². The molecule has 0 atom stereocenters. The standard InChI is InChI=1S/C16H14N2O3S/c1-10-15(18-13-6-4-3-5-12(13)17-10)22-9-14-11(7-8-21-14)16(19)20-2/h3-8H,9H2,1-2H3. The van der Waals surface area contributed by atoms with Crippen molar-refractivity contribution in [3.8, 4) is 0 Å². The van der Waals surface area contributed by atoms with Gasteiger partial charge in [-0.2, -0.15) is 0 Å². The molecule has 112 valence electrons. The van der Waals surface area contributed by atoms with Gasteiger partial charge in [0.25, 0.3) is 0 Å². The van der Waals surface area contributed by atoms with Crippen LogP contribution in [0.3, 0.4) is 0 Å². The molecule has 0 spiro atoms. The quantitative estimate of drug-likeness (QED) is 0.541. The van der Waals surface area contributed by atoms with Crippen LogP contribution >= 0.6 is 11.8 Å². The lowest BCUT2D eigenvalue weighted by Crippen LogP contribution is -2.02. The Kier molecular flexibility index (Phi) is 4.11. The van der Waals surface area contributed by atoms with E-state index in [4.69, 9.17) is 9.15 Å². The second-order valence-electron chi connectivity index (χ2n) is 4.64. The maximum absolute atomic E-state index is 11.6. The second-order valence-corrected chi connectivity index (χ2v) is 5.60. The van der Waals surface area contributed by atoms with Crippen molar-refractivity contribution in [1.29, 1.82) is 0 Å². The van der Waals surface area contributed by atoms with Crippen molar-refractivity contribution in [3.63, 3.8) is 0 Å². The van der Waals surface area contributed by atoms with E-state index in [1.54, 1.807) is 6.07 Å². The molecule has 3 rings (SSSR count). The number of carbonyl (C=O) groups excluding carboxylic acids is 1. The van der Waals surface area contributed by atoms with Gasteiger partial charge in [-0.15, -0.1) is 0 Å². The third-order valence-electron chi connectivity index (χ3n) is 3.19. The number of fused-ring (bicyclic) bond motifs is 1. The van der Waals surface area contributed by atoms with E-state index in [0.717, 1.165) is 21.8 Å². The van der Waals surface area contributed by atoms with E-state index in [-0.39, 0.29) is 0 Å². The van der Waals surface area contributed by atoms with Crippen LogP contribution in [0.15, 0.2) is 46.0 Å². The second kappa shape index (κ2) is 6.19. The summed E-state index contributed by atoms with van der Waals surface area (Å²) in [5.74, 6) is 0.669. The summed E-state index contributed by atoms with van der Waals surface area (Å²) >= 11 is 1.49. The van der Waals surface area contributed by atoms with Crippen molar-refractivity contribution < 1.29 is 13.9 Å². The van der Waals surface area contributed by atoms with E-state index < -0.39 is 5.97 Å². The van der Waals surface area contributed by atoms with Gasteiger partial charge < -0.3 is 9.15 Å². The third kappa shape index (κ3) is 2.82. The lowest BCUT2D eigenvalue weighted by molar-refractivity contribution is 0.0598. The van der Waals surface area contributed by atoms with Crippen molar-refractivity contribution in [2.75, 3.05) is 7.11 Å². The molecule has 3 aromatic rings. The van der Waals surface area contributed by atoms with Crippen molar-refractivity contribution in [3.05, 3.63) is 53.6 Å². The van der Waals surface area contributed by atoms with Crippen molar-refractivity contribution in [2.24, 2.45) is 0 Å². The van der Waals surface area contributed by atoms with Gasteiger partial charge >= 0.3 is 5.97 Å². The Labute approximate surface area is 131 Å². The van der Waals surface area contributed by atoms with Crippen LogP contribution in [0.4, 0.5) is 0 Å². The number of thioether (sulfide) groups is 1. The summed E-state index contributed by atoms with van der Waals surface area (Å²) in [5, 5.41) is 0.825. The monoisotopic (exact) mass is 314 g/mol. The molecule has 1 aromatic carbocycles. The summed E-state index contributed by atoms with van der Waals surface area (Å²) in [7, 11) is 1.35. The van der Waals surface area contributed by atoms with E-state index >= 15 is 0 Å². The molecule has 0 unspecified atom stereocenters. The molecule has 2 heterocycles. The zero-order chi connectivity index (χ0) is 15.5. The van der Waals surface area contributed by atoms with E-state index in [1.165, 1.54) is 25.1 Å². The Morgan fingerprint density at radius 3 is 2.68 bits per heavy atom. The summed E-state index contributed by atoms with van der Waals surface area (Å²) in [6.45, 7) is 1.92. The molecule has 0 bridgehead atoms. The van der Waals surface area contributed by atoms with Crippen LogP contribution in [0.1, 0.15) is 21.8 Å². The lowest BCUT2D eigenvalue weighted by atomic mass is 10.3. The topological polar surface area (TPSA) is 65.2 Å². The fraction of sp³-hybridized carbons (Fsp3) is 0.188. The minimum atomic E-state index is -0.398. The molecule has 22 heavy (non-hydrogen) atoms. The SMILES string of the molecule is COC(=O)c1ccoc1CSc1nc2ccccc2nc1C. The number of nitrogens with zero attached hydrogens (tertiary/aromatic N) is 2. The number of methoxy groups -OCH3 is 1. The molecule has 0 aliphatic rings. The highest BCUT2D eigenvalue weighted by atomic mass is 32.2. The maximum atomic E-state index is 11.6. The molecule has 0 N–H and O–H groups in total. The van der Waals surface area contributed by atoms with Gasteiger partial charge in [-0.1, -0.05) is 23.9 Å². The summed E-state index contributed by atoms with van der Waals surface area (Å²) in [5.41, 5.74) is 3.03. The molecule has 6 heteroatoms. The Hall–Kier alpha value is -2.34. The summed E-state index contributed by atoms with van der Waals surface area (Å²) in [4.78, 5) is 20.8. The summed E-state index contributed by atoms with van der Waals surface area (Å²) in [6, 6.07) is 9.35. The number of hydrogen-bond donors (Lipinski definition) is 0. The van der Waals surface area contributed by atoms with Crippen molar-refractivity contribution in [2.45, 2.75) is 17.7 Å². The van der Waals surface area contributed by atoms with Gasteiger partial charge in [-0.3, -0.25) is 0 Å². The van der Waals surface area contributed by atoms with E-state index in [0.29, 0.717) is 17.1 Å². The van der Waals surface area contributed by atoms with Crippen LogP contribution in [0.5, 0.6) is 0 Å². The maximum Gasteiger partial charge on any atom is 0.341 e. The van der Waals surface area contributed by atoms with Crippen LogP contribution in [0, 0.1) is 6.92 Å². The molecule has 0 saturated carbocycles. The van der Waals surface area contributed by atoms with E-state index in [1.807, 2.05) is 31.2 Å². The lowest BCUT2D eigenvalue weighted by Gasteiger charge is -2.06. The van der Waals surface area contributed by atoms with Gasteiger partial charge in [-0.25, -0.2) is 14.8 Å². The molecular weight excluding hydrogens is 300 g/mol. The molecule has 0 aliphatic heterocycles. The van der Waals surface area contributed by atoms with Gasteiger partial charge in [0, 0.05) is 0 Å². The Bertz CT molecular complexity index is 829. The first-order valence-corrected chi connectivity index (χ1v) is 7.68. The summed E-state index contributed by atoms with van der Waals surface area (Å²) in [6.07, 6.45) is 1.49. The molecule has 0 fully saturated rings. The first kappa shape index (κ1) is 14.6. The minimum absolute atomic E-state index is 0.398. The Morgan fingerprint density at radius 2 is 1.95 bits per heavy atom. The van der Waals surface area contributed by atoms with Crippen LogP contribution in [-0.2, 0) is 10.5 Å². The highest BCUT2D eigenvalue weighted by molar-refractivity contribution is 7.98. The van der Waals surface area contributed by atoms with Gasteiger partial charge in [0.2, 0.25) is 0 Å². The highest BCUT2D eigenvalue weighted by Crippen LogP contribution is 2.27. The number of aromatic nitrogens is 2. The normalized spacial score (nSPS) is 10.8. The van der Waals surface area contributed by atoms with Crippen molar-refractivity contribution >= 4 is 28.8 Å². The average Bonchev–Trinajstić information content (AvgIpc) is 3.00. The average molecular weight is 314 g/mol. The molecule has 5 nitrogen and oxygen atoms in total. The number of hydrogen-bond acceptors (Lipinski definition) is 6. The van der Waals surface area contributed by atoms with Gasteiger partial charge in [-0.05, 0) is 25.1 Å². The fourth-order valence-electron chi connectivity index (χ4n) is 2.09. The Balaban J connectivity index is 1.84. The van der Waals surface area contributed by atoms with Gasteiger partial charge in [0.05, 0.1) is 35.9 Å². The molecule has 0 radical (unpaired) electrons. The highest BCUT2D eigenvalue weighted by Gasteiger charge is 2.16. The number of rotatable bonds is 4. The van der Waals surface area contributed by atoms with Gasteiger partial charge in [0.15, 0.2) is 0 Å². The van der Waals surface area contributed by atoms with E-state index in [2.05, 4.69) is 9.97 Å². The zero-order valence-electron chi connectivity index (χ0n) is 12.2.